The monoisotopic (exact) mass is 636 g/mol. The molecule has 0 unspecified atom stereocenters. The van der Waals surface area contributed by atoms with E-state index in [0.717, 1.165) is 0 Å². The standard InChI is InChI=1S/C48H30O/c1-3-16-31(17-4-1)33-20-7-9-22-35(33)45-36-23-10-12-25-38(36)46(39-26-13-11-24-37(39)45)41-28-15-29-44-47(41)43-30-42(32-18-5-2-6-19-32)34-21-8-14-27-40(34)48(43)49-44/h1-30H/i1D,3D,4D,7D,8D,9D,14D,16D,17D,20D,21D,22D,27D,30D. The Morgan fingerprint density at radius 2 is 0.939 bits per heavy atom. The molecule has 0 radical (unpaired) electrons. The fourth-order valence-corrected chi connectivity index (χ4v) is 7.08. The Kier molecular flexibility index (Phi) is 3.87. The van der Waals surface area contributed by atoms with Crippen LogP contribution in [0.3, 0.4) is 0 Å². The summed E-state index contributed by atoms with van der Waals surface area (Å²) in [7, 11) is 0. The number of rotatable bonds is 4. The average molecular weight is 637 g/mol. The molecule has 0 saturated heterocycles. The molecule has 0 saturated carbocycles. The fourth-order valence-electron chi connectivity index (χ4n) is 7.08. The molecule has 1 aromatic heterocycles. The summed E-state index contributed by atoms with van der Waals surface area (Å²) in [5.41, 5.74) is 2.33. The third-order valence-corrected chi connectivity index (χ3v) is 9.08. The van der Waals surface area contributed by atoms with Crippen LogP contribution in [0.4, 0.5) is 0 Å². The third kappa shape index (κ3) is 4.26. The van der Waals surface area contributed by atoms with Gasteiger partial charge in [0.2, 0.25) is 0 Å². The smallest absolute Gasteiger partial charge is 0.143 e. The molecular formula is C48H30O. The lowest BCUT2D eigenvalue weighted by atomic mass is 9.83. The minimum atomic E-state index is -0.651. The SMILES string of the molecule is [2H]c1c([2H])c([2H])c(-c2c([2H])c([2H])c([2H])c([2H])c2-c2c3ccccc3c(-c3cccc4oc5c6c([2H])c([2H])c([2H])c([2H])c6c(-c6ccccc6)c([2H])c5c34)c3ccccc23)c([2H])c1[2H]. The van der Waals surface area contributed by atoms with Crippen molar-refractivity contribution in [2.75, 3.05) is 0 Å². The molecule has 0 N–H and O–H groups in total. The lowest BCUT2D eigenvalue weighted by Gasteiger charge is -2.20. The second-order valence-electron chi connectivity index (χ2n) is 11.7. The van der Waals surface area contributed by atoms with Crippen LogP contribution in [0.1, 0.15) is 19.2 Å². The van der Waals surface area contributed by atoms with Crippen molar-refractivity contribution in [3.8, 4) is 44.5 Å². The maximum absolute atomic E-state index is 9.89. The molecule has 49 heavy (non-hydrogen) atoms. The fraction of sp³-hybridized carbons (Fsp3) is 0. The van der Waals surface area contributed by atoms with Crippen LogP contribution in [0.2, 0.25) is 0 Å². The highest BCUT2D eigenvalue weighted by molar-refractivity contribution is 6.28. The largest absolute Gasteiger partial charge is 0.455 e. The Bertz CT molecular complexity index is 3590. The van der Waals surface area contributed by atoms with Gasteiger partial charge in [0.25, 0.3) is 0 Å². The number of benzene rings is 9. The summed E-state index contributed by atoms with van der Waals surface area (Å²) < 4.78 is 131. The van der Waals surface area contributed by atoms with E-state index in [1.807, 2.05) is 36.4 Å². The summed E-state index contributed by atoms with van der Waals surface area (Å²) in [6.45, 7) is 0. The summed E-state index contributed by atoms with van der Waals surface area (Å²) in [6, 6.07) is 22.0. The average Bonchev–Trinajstić information content (AvgIpc) is 3.70. The van der Waals surface area contributed by atoms with Crippen molar-refractivity contribution < 1.29 is 23.6 Å². The van der Waals surface area contributed by atoms with Gasteiger partial charge in [0.1, 0.15) is 11.2 Å². The molecule has 0 bridgehead atoms. The van der Waals surface area contributed by atoms with Gasteiger partial charge in [-0.1, -0.05) is 170 Å². The molecule has 0 fully saturated rings. The van der Waals surface area contributed by atoms with Crippen LogP contribution >= 0.6 is 0 Å². The van der Waals surface area contributed by atoms with Crippen LogP contribution < -0.4 is 0 Å². The van der Waals surface area contributed by atoms with Crippen LogP contribution in [-0.4, -0.2) is 0 Å². The zero-order chi connectivity index (χ0) is 44.5. The molecule has 9 aromatic carbocycles. The maximum atomic E-state index is 9.89. The van der Waals surface area contributed by atoms with Gasteiger partial charge in [-0.2, -0.15) is 0 Å². The van der Waals surface area contributed by atoms with Crippen LogP contribution in [0.5, 0.6) is 0 Å². The van der Waals surface area contributed by atoms with Crippen molar-refractivity contribution in [3.05, 3.63) is 182 Å². The zero-order valence-corrected chi connectivity index (χ0v) is 25.6. The van der Waals surface area contributed by atoms with Gasteiger partial charge in [0, 0.05) is 16.2 Å². The molecule has 0 aliphatic carbocycles. The van der Waals surface area contributed by atoms with E-state index in [2.05, 4.69) is 0 Å². The van der Waals surface area contributed by atoms with Gasteiger partial charge in [-0.05, 0) is 83.5 Å². The highest BCUT2D eigenvalue weighted by Gasteiger charge is 2.22. The van der Waals surface area contributed by atoms with Gasteiger partial charge in [-0.25, -0.2) is 0 Å². The quantitative estimate of drug-likeness (QED) is 0.175. The topological polar surface area (TPSA) is 13.1 Å². The summed E-state index contributed by atoms with van der Waals surface area (Å²) in [5, 5.41) is 3.40. The highest BCUT2D eigenvalue weighted by atomic mass is 16.3. The Labute approximate surface area is 304 Å². The first kappa shape index (κ1) is 17.1. The number of hydrogen-bond donors (Lipinski definition) is 0. The van der Waals surface area contributed by atoms with Crippen LogP contribution in [0.25, 0.3) is 98.8 Å². The molecule has 228 valence electrons. The maximum Gasteiger partial charge on any atom is 0.143 e. The number of hydrogen-bond acceptors (Lipinski definition) is 1. The first-order valence-electron chi connectivity index (χ1n) is 22.7. The van der Waals surface area contributed by atoms with Crippen molar-refractivity contribution in [1.82, 2.24) is 0 Å². The molecule has 0 spiro atoms. The van der Waals surface area contributed by atoms with E-state index in [1.54, 1.807) is 60.7 Å². The Morgan fingerprint density at radius 1 is 0.367 bits per heavy atom. The zero-order valence-electron chi connectivity index (χ0n) is 39.6. The molecule has 10 aromatic rings. The normalized spacial score (nSPS) is 15.7. The van der Waals surface area contributed by atoms with Crippen molar-refractivity contribution in [2.24, 2.45) is 0 Å². The van der Waals surface area contributed by atoms with Crippen LogP contribution in [0.15, 0.2) is 186 Å². The first-order valence-corrected chi connectivity index (χ1v) is 15.7. The molecule has 0 atom stereocenters. The van der Waals surface area contributed by atoms with Gasteiger partial charge in [0.15, 0.2) is 0 Å². The molecule has 0 aliphatic rings. The molecule has 0 aliphatic heterocycles. The van der Waals surface area contributed by atoms with Crippen molar-refractivity contribution in [3.63, 3.8) is 0 Å². The second kappa shape index (κ2) is 11.1. The van der Waals surface area contributed by atoms with E-state index in [9.17, 15) is 4.11 Å². The van der Waals surface area contributed by atoms with Gasteiger partial charge >= 0.3 is 0 Å². The summed E-state index contributed by atoms with van der Waals surface area (Å²) in [5.74, 6) is 0. The Hall–Kier alpha value is -6.44. The van der Waals surface area contributed by atoms with E-state index in [1.165, 1.54) is 0 Å². The molecule has 0 amide bonds. The van der Waals surface area contributed by atoms with E-state index in [4.69, 9.17) is 19.5 Å². The minimum absolute atomic E-state index is 0.00583. The van der Waals surface area contributed by atoms with E-state index >= 15 is 0 Å². The van der Waals surface area contributed by atoms with Crippen LogP contribution in [-0.2, 0) is 0 Å². The minimum Gasteiger partial charge on any atom is -0.455 e. The van der Waals surface area contributed by atoms with E-state index in [-0.39, 0.29) is 51.2 Å². The Balaban J connectivity index is 1.40. The van der Waals surface area contributed by atoms with Crippen molar-refractivity contribution in [2.45, 2.75) is 0 Å². The van der Waals surface area contributed by atoms with Gasteiger partial charge in [-0.3, -0.25) is 0 Å². The lowest BCUT2D eigenvalue weighted by Crippen LogP contribution is -1.93. The summed E-state index contributed by atoms with van der Waals surface area (Å²) in [4.78, 5) is 0. The lowest BCUT2D eigenvalue weighted by molar-refractivity contribution is 0.673. The molecule has 1 nitrogen and oxygen atoms in total. The van der Waals surface area contributed by atoms with Crippen LogP contribution in [0, 0.1) is 0 Å². The Morgan fingerprint density at radius 3 is 1.63 bits per heavy atom. The summed E-state index contributed by atoms with van der Waals surface area (Å²) in [6.07, 6.45) is 0. The third-order valence-electron chi connectivity index (χ3n) is 9.08. The summed E-state index contributed by atoms with van der Waals surface area (Å²) >= 11 is 0. The predicted molar refractivity (Wildman–Crippen MR) is 208 cm³/mol. The van der Waals surface area contributed by atoms with Gasteiger partial charge < -0.3 is 4.42 Å². The van der Waals surface area contributed by atoms with E-state index in [0.29, 0.717) is 65.7 Å². The number of furan rings is 1. The molecule has 1 heteroatoms. The highest BCUT2D eigenvalue weighted by Crippen LogP contribution is 2.49. The number of fused-ring (bicyclic) bond motifs is 7. The molecular weight excluding hydrogens is 593 g/mol. The van der Waals surface area contributed by atoms with E-state index < -0.39 is 66.5 Å². The molecule has 1 heterocycles. The van der Waals surface area contributed by atoms with Crippen molar-refractivity contribution in [1.29, 1.82) is 0 Å². The predicted octanol–water partition coefficient (Wildman–Crippen LogP) is 13.7. The van der Waals surface area contributed by atoms with Gasteiger partial charge in [-0.15, -0.1) is 0 Å². The molecule has 10 rings (SSSR count). The van der Waals surface area contributed by atoms with Gasteiger partial charge in [0.05, 0.1) is 19.2 Å². The second-order valence-corrected chi connectivity index (χ2v) is 11.7. The van der Waals surface area contributed by atoms with Crippen molar-refractivity contribution >= 4 is 54.3 Å². The first-order chi connectivity index (χ1) is 30.2.